The van der Waals surface area contributed by atoms with Crippen LogP contribution in [0.4, 0.5) is 0 Å². The fourth-order valence-corrected chi connectivity index (χ4v) is 3.84. The Balaban J connectivity index is 1.62. The van der Waals surface area contributed by atoms with Crippen LogP contribution in [0.5, 0.6) is 5.75 Å². The van der Waals surface area contributed by atoms with Gasteiger partial charge in [0.1, 0.15) is 12.4 Å². The van der Waals surface area contributed by atoms with E-state index < -0.39 is 0 Å². The molecule has 5 nitrogen and oxygen atoms in total. The zero-order chi connectivity index (χ0) is 19.4. The van der Waals surface area contributed by atoms with Crippen molar-refractivity contribution in [2.75, 3.05) is 7.05 Å². The van der Waals surface area contributed by atoms with E-state index in [-0.39, 0.29) is 5.91 Å². The first-order chi connectivity index (χ1) is 13.0. The van der Waals surface area contributed by atoms with Crippen molar-refractivity contribution in [2.45, 2.75) is 33.5 Å². The number of para-hydroxylation sites is 1. The minimum atomic E-state index is -0.00681. The topological polar surface area (TPSA) is 47.4 Å². The first kappa shape index (κ1) is 19.5. The van der Waals surface area contributed by atoms with Gasteiger partial charge in [-0.25, -0.2) is 0 Å². The van der Waals surface area contributed by atoms with Crippen LogP contribution in [-0.2, 0) is 19.7 Å². The van der Waals surface area contributed by atoms with Crippen LogP contribution in [0.3, 0.4) is 0 Å². The summed E-state index contributed by atoms with van der Waals surface area (Å²) in [5.41, 5.74) is 3.11. The smallest absolute Gasteiger partial charge is 0.263 e. The summed E-state index contributed by atoms with van der Waals surface area (Å²) in [7, 11) is 1.81. The van der Waals surface area contributed by atoms with Gasteiger partial charge in [0, 0.05) is 37.0 Å². The SMILES string of the molecule is CCn1ncc(CN(C)C(=O)c2cc(COc3ccccc3Cl)cs2)c1C. The number of thiophene rings is 1. The summed E-state index contributed by atoms with van der Waals surface area (Å²) in [6, 6.07) is 9.23. The van der Waals surface area contributed by atoms with Crippen molar-refractivity contribution in [3.63, 3.8) is 0 Å². The number of aryl methyl sites for hydroxylation is 1. The molecule has 0 N–H and O–H groups in total. The molecule has 142 valence electrons. The summed E-state index contributed by atoms with van der Waals surface area (Å²) in [5, 5.41) is 6.86. The van der Waals surface area contributed by atoms with E-state index in [2.05, 4.69) is 12.0 Å². The molecule has 1 aromatic carbocycles. The summed E-state index contributed by atoms with van der Waals surface area (Å²) in [6.07, 6.45) is 1.83. The molecule has 0 radical (unpaired) electrons. The fourth-order valence-electron chi connectivity index (χ4n) is 2.76. The van der Waals surface area contributed by atoms with Gasteiger partial charge in [-0.2, -0.15) is 5.10 Å². The lowest BCUT2D eigenvalue weighted by atomic mass is 10.2. The van der Waals surface area contributed by atoms with Crippen molar-refractivity contribution in [2.24, 2.45) is 0 Å². The van der Waals surface area contributed by atoms with Crippen LogP contribution in [0.1, 0.15) is 33.4 Å². The summed E-state index contributed by atoms with van der Waals surface area (Å²) in [6.45, 7) is 5.81. The standard InChI is InChI=1S/C20H22ClN3O2S/c1-4-24-14(2)16(10-22-24)11-23(3)20(25)19-9-15(13-27-19)12-26-18-8-6-5-7-17(18)21/h5-10,13H,4,11-12H2,1-3H3. The van der Waals surface area contributed by atoms with E-state index >= 15 is 0 Å². The van der Waals surface area contributed by atoms with Crippen LogP contribution in [-0.4, -0.2) is 27.6 Å². The maximum atomic E-state index is 12.7. The molecule has 27 heavy (non-hydrogen) atoms. The van der Waals surface area contributed by atoms with Gasteiger partial charge >= 0.3 is 0 Å². The second kappa shape index (κ2) is 8.59. The minimum absolute atomic E-state index is 0.00681. The molecule has 1 amide bonds. The molecule has 2 heterocycles. The molecule has 0 fully saturated rings. The first-order valence-corrected chi connectivity index (χ1v) is 9.96. The summed E-state index contributed by atoms with van der Waals surface area (Å²) in [4.78, 5) is 15.1. The van der Waals surface area contributed by atoms with E-state index in [1.54, 1.807) is 11.0 Å². The molecule has 2 aromatic heterocycles. The number of halogens is 1. The Morgan fingerprint density at radius 3 is 2.85 bits per heavy atom. The van der Waals surface area contributed by atoms with Crippen LogP contribution in [0.25, 0.3) is 0 Å². The Morgan fingerprint density at radius 2 is 2.15 bits per heavy atom. The predicted octanol–water partition coefficient (Wildman–Crippen LogP) is 4.78. The number of hydrogen-bond donors (Lipinski definition) is 0. The summed E-state index contributed by atoms with van der Waals surface area (Å²) < 4.78 is 7.68. The van der Waals surface area contributed by atoms with Crippen LogP contribution in [0.15, 0.2) is 41.9 Å². The molecular weight excluding hydrogens is 382 g/mol. The summed E-state index contributed by atoms with van der Waals surface area (Å²) >= 11 is 7.52. The molecule has 0 aliphatic carbocycles. The third-order valence-electron chi connectivity index (χ3n) is 4.35. The molecule has 3 aromatic rings. The monoisotopic (exact) mass is 403 g/mol. The van der Waals surface area contributed by atoms with E-state index in [9.17, 15) is 4.79 Å². The lowest BCUT2D eigenvalue weighted by Crippen LogP contribution is -2.25. The van der Waals surface area contributed by atoms with Crippen LogP contribution < -0.4 is 4.74 Å². The van der Waals surface area contributed by atoms with E-state index in [1.165, 1.54) is 11.3 Å². The number of nitrogens with zero attached hydrogens (tertiary/aromatic N) is 3. The number of rotatable bonds is 7. The molecule has 0 saturated carbocycles. The van der Waals surface area contributed by atoms with E-state index in [4.69, 9.17) is 16.3 Å². The highest BCUT2D eigenvalue weighted by atomic mass is 35.5. The zero-order valence-electron chi connectivity index (χ0n) is 15.6. The van der Waals surface area contributed by atoms with Crippen LogP contribution in [0, 0.1) is 6.92 Å². The first-order valence-electron chi connectivity index (χ1n) is 8.71. The number of hydrogen-bond acceptors (Lipinski definition) is 4. The van der Waals surface area contributed by atoms with Gasteiger partial charge in [0.05, 0.1) is 16.1 Å². The molecule has 0 atom stereocenters. The zero-order valence-corrected chi connectivity index (χ0v) is 17.2. The minimum Gasteiger partial charge on any atom is -0.487 e. The number of aromatic nitrogens is 2. The van der Waals surface area contributed by atoms with Gasteiger partial charge < -0.3 is 9.64 Å². The van der Waals surface area contributed by atoms with Crippen molar-refractivity contribution < 1.29 is 9.53 Å². The highest BCUT2D eigenvalue weighted by Crippen LogP contribution is 2.25. The van der Waals surface area contributed by atoms with E-state index in [1.807, 2.05) is 54.5 Å². The van der Waals surface area contributed by atoms with Gasteiger partial charge in [0.2, 0.25) is 0 Å². The Hall–Kier alpha value is -2.31. The molecule has 7 heteroatoms. The van der Waals surface area contributed by atoms with Crippen molar-refractivity contribution in [3.05, 3.63) is 68.6 Å². The molecule has 0 bridgehead atoms. The van der Waals surface area contributed by atoms with Gasteiger partial charge in [-0.3, -0.25) is 9.48 Å². The van der Waals surface area contributed by atoms with Crippen LogP contribution >= 0.6 is 22.9 Å². The van der Waals surface area contributed by atoms with Gasteiger partial charge in [-0.15, -0.1) is 11.3 Å². The molecule has 0 saturated heterocycles. The van der Waals surface area contributed by atoms with E-state index in [0.717, 1.165) is 23.4 Å². The van der Waals surface area contributed by atoms with Gasteiger partial charge in [0.15, 0.2) is 0 Å². The van der Waals surface area contributed by atoms with Crippen molar-refractivity contribution in [3.8, 4) is 5.75 Å². The predicted molar refractivity (Wildman–Crippen MR) is 109 cm³/mol. The molecule has 3 rings (SSSR count). The number of ether oxygens (including phenoxy) is 1. The molecule has 0 unspecified atom stereocenters. The van der Waals surface area contributed by atoms with Crippen molar-refractivity contribution >= 4 is 28.8 Å². The van der Waals surface area contributed by atoms with E-state index in [0.29, 0.717) is 28.8 Å². The van der Waals surface area contributed by atoms with Gasteiger partial charge in [-0.05, 0) is 37.4 Å². The molecule has 0 aliphatic heterocycles. The highest BCUT2D eigenvalue weighted by molar-refractivity contribution is 7.12. The maximum Gasteiger partial charge on any atom is 0.263 e. The average Bonchev–Trinajstić information content (AvgIpc) is 3.27. The quantitative estimate of drug-likeness (QED) is 0.570. The van der Waals surface area contributed by atoms with Crippen LogP contribution in [0.2, 0.25) is 5.02 Å². The lowest BCUT2D eigenvalue weighted by Gasteiger charge is -2.16. The average molecular weight is 404 g/mol. The molecule has 0 spiro atoms. The van der Waals surface area contributed by atoms with Gasteiger partial charge in [-0.1, -0.05) is 23.7 Å². The largest absolute Gasteiger partial charge is 0.487 e. The maximum absolute atomic E-state index is 12.7. The Bertz CT molecular complexity index is 935. The second-order valence-electron chi connectivity index (χ2n) is 6.27. The number of carbonyl (C=O) groups is 1. The molecular formula is C20H22ClN3O2S. The Kier molecular flexibility index (Phi) is 6.19. The lowest BCUT2D eigenvalue weighted by molar-refractivity contribution is 0.0789. The summed E-state index contributed by atoms with van der Waals surface area (Å²) in [5.74, 6) is 0.631. The Morgan fingerprint density at radius 1 is 1.37 bits per heavy atom. The Labute approximate surface area is 168 Å². The van der Waals surface area contributed by atoms with Gasteiger partial charge in [0.25, 0.3) is 5.91 Å². The number of amides is 1. The highest BCUT2D eigenvalue weighted by Gasteiger charge is 2.17. The second-order valence-corrected chi connectivity index (χ2v) is 7.59. The van der Waals surface area contributed by atoms with Crippen molar-refractivity contribution in [1.29, 1.82) is 0 Å². The fraction of sp³-hybridized carbons (Fsp3) is 0.300. The normalized spacial score (nSPS) is 10.8. The third-order valence-corrected chi connectivity index (χ3v) is 5.63. The number of carbonyl (C=O) groups excluding carboxylic acids is 1. The third kappa shape index (κ3) is 4.51. The van der Waals surface area contributed by atoms with Crippen molar-refractivity contribution in [1.82, 2.24) is 14.7 Å². The number of benzene rings is 1. The molecule has 0 aliphatic rings.